The predicted molar refractivity (Wildman–Crippen MR) is 75.3 cm³/mol. The fourth-order valence-electron chi connectivity index (χ4n) is 2.11. The van der Waals surface area contributed by atoms with Crippen molar-refractivity contribution in [3.8, 4) is 11.4 Å². The molecule has 106 valence electrons. The van der Waals surface area contributed by atoms with Crippen LogP contribution in [0, 0.1) is 0 Å². The van der Waals surface area contributed by atoms with E-state index in [1.165, 1.54) is 12.8 Å². The molecular formula is C12H12N8S. The Bertz CT molecular complexity index is 719. The number of hydrogen-bond acceptors (Lipinski definition) is 7. The van der Waals surface area contributed by atoms with Crippen molar-refractivity contribution in [3.63, 3.8) is 0 Å². The summed E-state index contributed by atoms with van der Waals surface area (Å²) in [5, 5.41) is 23.5. The second kappa shape index (κ2) is 5.24. The van der Waals surface area contributed by atoms with Crippen LogP contribution in [0.2, 0.25) is 0 Å². The molecule has 0 atom stereocenters. The molecule has 0 saturated heterocycles. The van der Waals surface area contributed by atoms with Crippen molar-refractivity contribution in [2.24, 2.45) is 0 Å². The molecule has 4 rings (SSSR count). The molecule has 0 bridgehead atoms. The van der Waals surface area contributed by atoms with E-state index in [0.717, 1.165) is 16.5 Å². The highest BCUT2D eigenvalue weighted by Crippen LogP contribution is 2.41. The van der Waals surface area contributed by atoms with E-state index < -0.39 is 0 Å². The molecule has 1 N–H and O–H groups in total. The van der Waals surface area contributed by atoms with Crippen LogP contribution in [0.4, 0.5) is 0 Å². The lowest BCUT2D eigenvalue weighted by Crippen LogP contribution is -2.00. The molecule has 1 saturated carbocycles. The second-order valence-electron chi connectivity index (χ2n) is 4.76. The molecule has 21 heavy (non-hydrogen) atoms. The lowest BCUT2D eigenvalue weighted by molar-refractivity contribution is 0.669. The number of nitrogens with one attached hydrogen (secondary N) is 1. The third-order valence-electron chi connectivity index (χ3n) is 3.23. The van der Waals surface area contributed by atoms with Crippen LogP contribution in [-0.4, -0.2) is 40.4 Å². The summed E-state index contributed by atoms with van der Waals surface area (Å²) in [6.45, 7) is 0. The van der Waals surface area contributed by atoms with E-state index in [9.17, 15) is 0 Å². The number of hydrogen-bond donors (Lipinski definition) is 1. The van der Waals surface area contributed by atoms with Gasteiger partial charge in [0.25, 0.3) is 0 Å². The zero-order valence-corrected chi connectivity index (χ0v) is 11.9. The maximum absolute atomic E-state index is 4.35. The second-order valence-corrected chi connectivity index (χ2v) is 5.70. The molecule has 0 unspecified atom stereocenters. The Hall–Kier alpha value is -2.29. The zero-order valence-electron chi connectivity index (χ0n) is 11.0. The van der Waals surface area contributed by atoms with E-state index in [-0.39, 0.29) is 0 Å². The number of rotatable bonds is 5. The Kier molecular flexibility index (Phi) is 3.11. The smallest absolute Gasteiger partial charge is 0.192 e. The number of aromatic amines is 1. The number of thioether (sulfide) groups is 1. The van der Waals surface area contributed by atoms with E-state index in [0.29, 0.717) is 17.6 Å². The van der Waals surface area contributed by atoms with E-state index in [1.54, 1.807) is 24.2 Å². The Morgan fingerprint density at radius 1 is 1.19 bits per heavy atom. The Morgan fingerprint density at radius 3 is 2.76 bits per heavy atom. The normalized spacial score (nSPS) is 14.5. The highest BCUT2D eigenvalue weighted by molar-refractivity contribution is 7.98. The van der Waals surface area contributed by atoms with Crippen LogP contribution in [0.25, 0.3) is 11.4 Å². The first kappa shape index (κ1) is 12.5. The van der Waals surface area contributed by atoms with E-state index >= 15 is 0 Å². The summed E-state index contributed by atoms with van der Waals surface area (Å²) >= 11 is 1.58. The average molecular weight is 300 g/mol. The van der Waals surface area contributed by atoms with Gasteiger partial charge in [0.05, 0.1) is 5.75 Å². The van der Waals surface area contributed by atoms with Gasteiger partial charge in [-0.3, -0.25) is 9.55 Å². The summed E-state index contributed by atoms with van der Waals surface area (Å²) in [6.07, 6.45) is 5.89. The molecule has 0 aromatic carbocycles. The molecule has 0 aliphatic heterocycles. The fourth-order valence-corrected chi connectivity index (χ4v) is 2.96. The maximum atomic E-state index is 4.35. The van der Waals surface area contributed by atoms with Crippen LogP contribution >= 0.6 is 11.8 Å². The van der Waals surface area contributed by atoms with Gasteiger partial charge in [-0.05, 0) is 25.0 Å². The number of nitrogens with zero attached hydrogens (tertiary/aromatic N) is 7. The Labute approximate surface area is 124 Å². The minimum Gasteiger partial charge on any atom is -0.299 e. The van der Waals surface area contributed by atoms with Gasteiger partial charge < -0.3 is 0 Å². The highest BCUT2D eigenvalue weighted by atomic mass is 32.2. The largest absolute Gasteiger partial charge is 0.299 e. The molecule has 0 spiro atoms. The first-order valence-electron chi connectivity index (χ1n) is 6.62. The summed E-state index contributed by atoms with van der Waals surface area (Å²) in [4.78, 5) is 4.05. The predicted octanol–water partition coefficient (Wildman–Crippen LogP) is 1.48. The molecule has 1 aliphatic rings. The zero-order chi connectivity index (χ0) is 14.1. The van der Waals surface area contributed by atoms with Gasteiger partial charge in [0.2, 0.25) is 0 Å². The molecule has 3 aromatic rings. The first-order valence-corrected chi connectivity index (χ1v) is 7.61. The molecule has 1 fully saturated rings. The average Bonchev–Trinajstić information content (AvgIpc) is 3.07. The quantitative estimate of drug-likeness (QED) is 0.712. The van der Waals surface area contributed by atoms with Crippen LogP contribution in [-0.2, 0) is 5.75 Å². The van der Waals surface area contributed by atoms with E-state index in [4.69, 9.17) is 0 Å². The molecule has 9 heteroatoms. The third-order valence-corrected chi connectivity index (χ3v) is 4.17. The highest BCUT2D eigenvalue weighted by Gasteiger charge is 2.30. The van der Waals surface area contributed by atoms with Crippen LogP contribution < -0.4 is 0 Å². The Balaban J connectivity index is 1.64. The minimum atomic E-state index is 0.496. The first-order chi connectivity index (χ1) is 10.4. The number of aromatic nitrogens is 8. The molecular weight excluding hydrogens is 288 g/mol. The molecule has 0 radical (unpaired) electrons. The van der Waals surface area contributed by atoms with Gasteiger partial charge >= 0.3 is 0 Å². The SMILES string of the molecule is c1cc(-c2nnc(SCc3nn[nH]n3)n2C2CC2)ccn1. The summed E-state index contributed by atoms with van der Waals surface area (Å²) in [5.41, 5.74) is 1.04. The number of tetrazole rings is 1. The maximum Gasteiger partial charge on any atom is 0.192 e. The van der Waals surface area contributed by atoms with Gasteiger partial charge in [-0.15, -0.1) is 20.4 Å². The molecule has 3 heterocycles. The van der Waals surface area contributed by atoms with Crippen LogP contribution in [0.3, 0.4) is 0 Å². The minimum absolute atomic E-state index is 0.496. The van der Waals surface area contributed by atoms with Gasteiger partial charge in [-0.25, -0.2) is 0 Å². The van der Waals surface area contributed by atoms with Gasteiger partial charge in [0.1, 0.15) is 0 Å². The van der Waals surface area contributed by atoms with Gasteiger partial charge in [0, 0.05) is 24.0 Å². The molecule has 1 aliphatic carbocycles. The van der Waals surface area contributed by atoms with Gasteiger partial charge in [-0.1, -0.05) is 17.0 Å². The van der Waals surface area contributed by atoms with Crippen molar-refractivity contribution in [1.82, 2.24) is 40.4 Å². The van der Waals surface area contributed by atoms with Crippen LogP contribution in [0.15, 0.2) is 29.7 Å². The van der Waals surface area contributed by atoms with Crippen molar-refractivity contribution in [2.45, 2.75) is 29.8 Å². The summed E-state index contributed by atoms with van der Waals surface area (Å²) in [7, 11) is 0. The summed E-state index contributed by atoms with van der Waals surface area (Å²) < 4.78 is 2.21. The van der Waals surface area contributed by atoms with Gasteiger partial charge in [-0.2, -0.15) is 5.21 Å². The van der Waals surface area contributed by atoms with Crippen molar-refractivity contribution >= 4 is 11.8 Å². The third kappa shape index (κ3) is 2.51. The van der Waals surface area contributed by atoms with Crippen molar-refractivity contribution in [3.05, 3.63) is 30.4 Å². The lowest BCUT2D eigenvalue weighted by atomic mass is 10.2. The summed E-state index contributed by atoms with van der Waals surface area (Å²) in [6, 6.07) is 4.41. The standard InChI is InChI=1S/C12H12N8S/c1-2-9(1)20-11(8-3-5-13-6-4-8)16-17-12(20)21-7-10-14-18-19-15-10/h3-6,9H,1-2,7H2,(H,14,15,18,19). The van der Waals surface area contributed by atoms with Crippen molar-refractivity contribution < 1.29 is 0 Å². The molecule has 3 aromatic heterocycles. The van der Waals surface area contributed by atoms with Crippen LogP contribution in [0.5, 0.6) is 0 Å². The summed E-state index contributed by atoms with van der Waals surface area (Å²) in [5.74, 6) is 2.18. The van der Waals surface area contributed by atoms with Crippen LogP contribution in [0.1, 0.15) is 24.7 Å². The topological polar surface area (TPSA) is 98.1 Å². The van der Waals surface area contributed by atoms with E-state index in [2.05, 4.69) is 40.4 Å². The Morgan fingerprint density at radius 2 is 2.05 bits per heavy atom. The van der Waals surface area contributed by atoms with E-state index in [1.807, 2.05) is 12.1 Å². The van der Waals surface area contributed by atoms with Crippen molar-refractivity contribution in [2.75, 3.05) is 0 Å². The fraction of sp³-hybridized carbons (Fsp3) is 0.333. The van der Waals surface area contributed by atoms with Crippen molar-refractivity contribution in [1.29, 1.82) is 0 Å². The monoisotopic (exact) mass is 300 g/mol. The van der Waals surface area contributed by atoms with Gasteiger partial charge in [0.15, 0.2) is 16.8 Å². The lowest BCUT2D eigenvalue weighted by Gasteiger charge is -2.07. The molecule has 0 amide bonds. The number of H-pyrrole nitrogens is 1. The number of pyridine rings is 1. The molecule has 8 nitrogen and oxygen atoms in total.